The van der Waals surface area contributed by atoms with Gasteiger partial charge in [-0.15, -0.1) is 0 Å². The highest BCUT2D eigenvalue weighted by Gasteiger charge is 2.17. The lowest BCUT2D eigenvalue weighted by atomic mass is 9.97. The van der Waals surface area contributed by atoms with E-state index in [1.54, 1.807) is 19.2 Å². The molecule has 2 aliphatic rings. The first kappa shape index (κ1) is 7.16. The molecule has 1 heterocycles. The summed E-state index contributed by atoms with van der Waals surface area (Å²) >= 11 is 0. The van der Waals surface area contributed by atoms with Gasteiger partial charge in [-0.05, 0) is 13.0 Å². The lowest BCUT2D eigenvalue weighted by molar-refractivity contribution is -0.113. The van der Waals surface area contributed by atoms with Gasteiger partial charge < -0.3 is 0 Å². The van der Waals surface area contributed by atoms with Gasteiger partial charge in [0.25, 0.3) is 0 Å². The lowest BCUT2D eigenvalue weighted by Crippen LogP contribution is -2.07. The summed E-state index contributed by atoms with van der Waals surface area (Å²) in [6.45, 7) is 1.56. The van der Waals surface area contributed by atoms with Crippen LogP contribution in [-0.4, -0.2) is 11.8 Å². The van der Waals surface area contributed by atoms with Crippen molar-refractivity contribution in [1.82, 2.24) is 0 Å². The maximum atomic E-state index is 11.0. The highest BCUT2D eigenvalue weighted by Crippen LogP contribution is 2.23. The molecule has 0 radical (unpaired) electrons. The molecule has 0 unspecified atom stereocenters. The minimum atomic E-state index is 0.0492. The first-order valence-electron chi connectivity index (χ1n) is 3.78. The predicted molar refractivity (Wildman–Crippen MR) is 44.6 cm³/mol. The minimum absolute atomic E-state index is 0.0492. The molecule has 0 aromatic heterocycles. The number of nitrogens with zero attached hydrogens (tertiary/aromatic N) is 2. The quantitative estimate of drug-likeness (QED) is 0.576. The number of allylic oxidation sites excluding steroid dienone is 2. The van der Waals surface area contributed by atoms with Crippen LogP contribution in [0.25, 0.3) is 0 Å². The Bertz CT molecular complexity index is 348. The van der Waals surface area contributed by atoms with Crippen molar-refractivity contribution in [2.24, 2.45) is 10.2 Å². The van der Waals surface area contributed by atoms with Gasteiger partial charge in [0.15, 0.2) is 5.78 Å². The van der Waals surface area contributed by atoms with Crippen LogP contribution in [0.2, 0.25) is 0 Å². The number of ketones is 1. The van der Waals surface area contributed by atoms with Crippen molar-refractivity contribution in [3.8, 4) is 0 Å². The maximum absolute atomic E-state index is 11.0. The molecule has 0 bridgehead atoms. The van der Waals surface area contributed by atoms with Crippen LogP contribution in [0.4, 0.5) is 0 Å². The van der Waals surface area contributed by atoms with Crippen molar-refractivity contribution < 1.29 is 4.79 Å². The van der Waals surface area contributed by atoms with E-state index in [2.05, 4.69) is 10.2 Å². The van der Waals surface area contributed by atoms with Gasteiger partial charge >= 0.3 is 0 Å². The first-order valence-corrected chi connectivity index (χ1v) is 3.78. The largest absolute Gasteiger partial charge is 0.295 e. The Morgan fingerprint density at radius 1 is 1.58 bits per heavy atom. The number of hydrogen-bond donors (Lipinski definition) is 0. The molecule has 0 aromatic rings. The predicted octanol–water partition coefficient (Wildman–Crippen LogP) is 1.79. The van der Waals surface area contributed by atoms with Gasteiger partial charge in [-0.1, -0.05) is 12.2 Å². The molecule has 3 nitrogen and oxygen atoms in total. The van der Waals surface area contributed by atoms with E-state index in [1.807, 2.05) is 12.2 Å². The smallest absolute Gasteiger partial charge is 0.159 e. The van der Waals surface area contributed by atoms with Crippen molar-refractivity contribution in [2.45, 2.75) is 13.0 Å². The summed E-state index contributed by atoms with van der Waals surface area (Å²) in [6, 6.07) is 0.0492. The zero-order valence-electron chi connectivity index (χ0n) is 6.69. The maximum Gasteiger partial charge on any atom is 0.159 e. The summed E-state index contributed by atoms with van der Waals surface area (Å²) in [5, 5.41) is 7.72. The minimum Gasteiger partial charge on any atom is -0.295 e. The fourth-order valence-corrected chi connectivity index (χ4v) is 1.23. The van der Waals surface area contributed by atoms with Crippen LogP contribution in [0, 0.1) is 0 Å². The zero-order valence-corrected chi connectivity index (χ0v) is 6.69. The van der Waals surface area contributed by atoms with Crippen LogP contribution < -0.4 is 0 Å². The zero-order chi connectivity index (χ0) is 8.55. The highest BCUT2D eigenvalue weighted by molar-refractivity contribution is 5.97. The van der Waals surface area contributed by atoms with E-state index >= 15 is 0 Å². The lowest BCUT2D eigenvalue weighted by Gasteiger charge is -2.08. The molecular formula is C9H8N2O. The Labute approximate surface area is 70.2 Å². The van der Waals surface area contributed by atoms with E-state index in [-0.39, 0.29) is 11.8 Å². The summed E-state index contributed by atoms with van der Waals surface area (Å²) in [5.41, 5.74) is 1.73. The average molecular weight is 160 g/mol. The number of hydrogen-bond acceptors (Lipinski definition) is 3. The van der Waals surface area contributed by atoms with E-state index in [4.69, 9.17) is 0 Å². The molecule has 0 N–H and O–H groups in total. The molecule has 0 aromatic carbocycles. The number of Topliss-reactive ketones (excluding diaryl/α,β-unsaturated/α-hetero) is 1. The summed E-state index contributed by atoms with van der Waals surface area (Å²) in [4.78, 5) is 11.0. The first-order chi connectivity index (χ1) is 5.77. The Morgan fingerprint density at radius 3 is 3.17 bits per heavy atom. The van der Waals surface area contributed by atoms with Crippen LogP contribution >= 0.6 is 0 Å². The fourth-order valence-electron chi connectivity index (χ4n) is 1.23. The van der Waals surface area contributed by atoms with Crippen LogP contribution in [0.3, 0.4) is 0 Å². The van der Waals surface area contributed by atoms with Crippen molar-refractivity contribution in [3.05, 3.63) is 35.6 Å². The normalized spacial score (nSPS) is 24.9. The topological polar surface area (TPSA) is 41.8 Å². The van der Waals surface area contributed by atoms with Crippen LogP contribution in [0.1, 0.15) is 6.92 Å². The molecule has 0 saturated carbocycles. The monoisotopic (exact) mass is 160 g/mol. The third-order valence-electron chi connectivity index (χ3n) is 1.93. The second-order valence-corrected chi connectivity index (χ2v) is 2.82. The van der Waals surface area contributed by atoms with E-state index in [1.165, 1.54) is 0 Å². The molecule has 0 fully saturated rings. The Hall–Kier alpha value is -1.51. The molecule has 1 aliphatic heterocycles. The van der Waals surface area contributed by atoms with Crippen molar-refractivity contribution >= 4 is 5.78 Å². The summed E-state index contributed by atoms with van der Waals surface area (Å²) in [7, 11) is 0. The molecule has 12 heavy (non-hydrogen) atoms. The van der Waals surface area contributed by atoms with Gasteiger partial charge in [0, 0.05) is 11.1 Å². The second kappa shape index (κ2) is 2.52. The molecular weight excluding hydrogens is 152 g/mol. The van der Waals surface area contributed by atoms with E-state index in [0.29, 0.717) is 0 Å². The molecule has 1 aliphatic carbocycles. The van der Waals surface area contributed by atoms with Gasteiger partial charge in [-0.25, -0.2) is 0 Å². The number of azo groups is 1. The average Bonchev–Trinajstić information content (AvgIpc) is 2.49. The highest BCUT2D eigenvalue weighted by atomic mass is 16.1. The SMILES string of the molecule is CC(=O)C1=CC2=CN=N[C@H]2C=C1. The van der Waals surface area contributed by atoms with Crippen LogP contribution in [-0.2, 0) is 4.79 Å². The Morgan fingerprint density at radius 2 is 2.42 bits per heavy atom. The van der Waals surface area contributed by atoms with Gasteiger partial charge in [-0.3, -0.25) is 4.79 Å². The molecule has 0 spiro atoms. The summed E-state index contributed by atoms with van der Waals surface area (Å²) < 4.78 is 0. The molecule has 3 heteroatoms. The number of carbonyl (C=O) groups is 1. The third kappa shape index (κ3) is 1.03. The fraction of sp³-hybridized carbons (Fsp3) is 0.222. The number of fused-ring (bicyclic) bond motifs is 1. The number of rotatable bonds is 1. The Balaban J connectivity index is 2.34. The van der Waals surface area contributed by atoms with Crippen molar-refractivity contribution in [2.75, 3.05) is 0 Å². The van der Waals surface area contributed by atoms with Crippen molar-refractivity contribution in [1.29, 1.82) is 0 Å². The summed E-state index contributed by atoms with van der Waals surface area (Å²) in [5.74, 6) is 0.0810. The van der Waals surface area contributed by atoms with E-state index < -0.39 is 0 Å². The third-order valence-corrected chi connectivity index (χ3v) is 1.93. The molecule has 0 saturated heterocycles. The molecule has 1 atom stereocenters. The van der Waals surface area contributed by atoms with Crippen LogP contribution in [0.15, 0.2) is 45.8 Å². The standard InChI is InChI=1S/C9H8N2O/c1-6(12)7-2-3-9-8(4-7)5-10-11-9/h2-5,9H,1H3/t9-/m0/s1. The van der Waals surface area contributed by atoms with E-state index in [9.17, 15) is 4.79 Å². The summed E-state index contributed by atoms with van der Waals surface area (Å²) in [6.07, 6.45) is 7.22. The van der Waals surface area contributed by atoms with Gasteiger partial charge in [0.2, 0.25) is 0 Å². The van der Waals surface area contributed by atoms with Gasteiger partial charge in [0.1, 0.15) is 6.04 Å². The molecule has 2 rings (SSSR count). The van der Waals surface area contributed by atoms with E-state index in [0.717, 1.165) is 11.1 Å². The van der Waals surface area contributed by atoms with Crippen molar-refractivity contribution in [3.63, 3.8) is 0 Å². The molecule has 0 amide bonds. The van der Waals surface area contributed by atoms with Gasteiger partial charge in [0.05, 0.1) is 6.20 Å². The van der Waals surface area contributed by atoms with Crippen LogP contribution in [0.5, 0.6) is 0 Å². The Kier molecular flexibility index (Phi) is 1.50. The second-order valence-electron chi connectivity index (χ2n) is 2.82. The van der Waals surface area contributed by atoms with Gasteiger partial charge in [-0.2, -0.15) is 10.2 Å². The molecule has 60 valence electrons. The number of carbonyl (C=O) groups excluding carboxylic acids is 1.